The van der Waals surface area contributed by atoms with Gasteiger partial charge in [-0.05, 0) is 38.0 Å². The van der Waals surface area contributed by atoms with Crippen LogP contribution in [0, 0.1) is 17.6 Å². The number of rotatable bonds is 6. The Labute approximate surface area is 178 Å². The van der Waals surface area contributed by atoms with Crippen molar-refractivity contribution < 1.29 is 32.5 Å². The second-order valence-electron chi connectivity index (χ2n) is 7.96. The Morgan fingerprint density at radius 3 is 2.58 bits per heavy atom. The van der Waals surface area contributed by atoms with Gasteiger partial charge in [0.25, 0.3) is 5.91 Å². The molecule has 1 aliphatic rings. The van der Waals surface area contributed by atoms with Crippen molar-refractivity contribution >= 4 is 11.6 Å². The Hall–Kier alpha value is -2.65. The number of carbonyl (C=O) groups is 1. The van der Waals surface area contributed by atoms with Crippen molar-refractivity contribution in [1.29, 1.82) is 0 Å². The highest BCUT2D eigenvalue weighted by Gasteiger charge is 2.46. The fourth-order valence-electron chi connectivity index (χ4n) is 3.76. The molecule has 1 saturated heterocycles. The van der Waals surface area contributed by atoms with Crippen LogP contribution in [0.1, 0.15) is 37.9 Å². The van der Waals surface area contributed by atoms with Crippen molar-refractivity contribution in [3.63, 3.8) is 0 Å². The quantitative estimate of drug-likeness (QED) is 0.719. The minimum absolute atomic E-state index is 0.122. The van der Waals surface area contributed by atoms with E-state index in [2.05, 4.69) is 10.3 Å². The summed E-state index contributed by atoms with van der Waals surface area (Å²) in [6.45, 7) is 3.95. The van der Waals surface area contributed by atoms with Gasteiger partial charge in [-0.2, -0.15) is 4.39 Å². The average molecular weight is 438 g/mol. The Kier molecular flexibility index (Phi) is 6.56. The molecule has 9 heteroatoms. The topological polar surface area (TPSA) is 80.7 Å². The molecule has 1 amide bonds. The number of alkyl halides is 1. The van der Waals surface area contributed by atoms with E-state index in [0.717, 1.165) is 6.07 Å². The summed E-state index contributed by atoms with van der Waals surface area (Å²) in [4.78, 5) is 17.0. The van der Waals surface area contributed by atoms with Gasteiger partial charge in [-0.1, -0.05) is 13.0 Å². The zero-order chi connectivity index (χ0) is 22.9. The normalized spacial score (nSPS) is 25.2. The molecule has 2 N–H and O–H groups in total. The lowest BCUT2D eigenvalue weighted by molar-refractivity contribution is -0.127. The molecular weight excluding hydrogens is 413 g/mol. The van der Waals surface area contributed by atoms with Crippen LogP contribution < -0.4 is 10.1 Å². The molecule has 0 aliphatic carbocycles. The summed E-state index contributed by atoms with van der Waals surface area (Å²) in [5.41, 5.74) is -0.950. The van der Waals surface area contributed by atoms with E-state index in [1.165, 1.54) is 38.4 Å². The van der Waals surface area contributed by atoms with Gasteiger partial charge in [0, 0.05) is 11.5 Å². The summed E-state index contributed by atoms with van der Waals surface area (Å²) >= 11 is 0. The van der Waals surface area contributed by atoms with Gasteiger partial charge >= 0.3 is 0 Å². The number of amides is 1. The van der Waals surface area contributed by atoms with Gasteiger partial charge in [-0.25, -0.2) is 8.78 Å². The van der Waals surface area contributed by atoms with Gasteiger partial charge in [0.05, 0.1) is 30.8 Å². The summed E-state index contributed by atoms with van der Waals surface area (Å²) in [6, 6.07) is 5.29. The number of hydrogen-bond donors (Lipinski definition) is 2. The molecule has 168 valence electrons. The molecule has 1 fully saturated rings. The number of pyridine rings is 1. The van der Waals surface area contributed by atoms with Gasteiger partial charge in [0.1, 0.15) is 18.4 Å². The van der Waals surface area contributed by atoms with E-state index in [1.54, 1.807) is 6.92 Å². The van der Waals surface area contributed by atoms with Gasteiger partial charge in [-0.15, -0.1) is 0 Å². The highest BCUT2D eigenvalue weighted by atomic mass is 19.2. The van der Waals surface area contributed by atoms with E-state index in [4.69, 9.17) is 9.47 Å². The van der Waals surface area contributed by atoms with Crippen molar-refractivity contribution in [2.75, 3.05) is 19.1 Å². The summed E-state index contributed by atoms with van der Waals surface area (Å²) in [5, 5.41) is 12.6. The van der Waals surface area contributed by atoms with E-state index in [0.29, 0.717) is 11.3 Å². The smallest absolute Gasteiger partial charge is 0.254 e. The average Bonchev–Trinajstić information content (AvgIpc) is 3.05. The van der Waals surface area contributed by atoms with Crippen LogP contribution in [-0.2, 0) is 15.1 Å². The van der Waals surface area contributed by atoms with Crippen LogP contribution in [0.3, 0.4) is 0 Å². The SMILES string of the molecule is COc1c([C@@H]2[C@H](C)[C@@H](C)O[C@H]2C(=O)Nc2ccc([C@](C)(O)CF)nc2)ccc(F)c1F. The van der Waals surface area contributed by atoms with Crippen LogP contribution in [0.25, 0.3) is 0 Å². The first-order valence-corrected chi connectivity index (χ1v) is 9.83. The number of methoxy groups -OCH3 is 1. The lowest BCUT2D eigenvalue weighted by Gasteiger charge is -2.23. The first-order valence-electron chi connectivity index (χ1n) is 9.83. The second-order valence-corrected chi connectivity index (χ2v) is 7.96. The van der Waals surface area contributed by atoms with E-state index < -0.39 is 41.8 Å². The molecular formula is C22H25F3N2O4. The maximum atomic E-state index is 14.3. The first kappa shape index (κ1) is 23.0. The number of nitrogens with zero attached hydrogens (tertiary/aromatic N) is 1. The lowest BCUT2D eigenvalue weighted by atomic mass is 9.82. The maximum absolute atomic E-state index is 14.3. The highest BCUT2D eigenvalue weighted by Crippen LogP contribution is 2.44. The number of benzene rings is 1. The third-order valence-corrected chi connectivity index (χ3v) is 5.74. The lowest BCUT2D eigenvalue weighted by Crippen LogP contribution is -2.33. The molecule has 2 aromatic rings. The van der Waals surface area contributed by atoms with Crippen LogP contribution >= 0.6 is 0 Å². The van der Waals surface area contributed by atoms with E-state index in [9.17, 15) is 23.1 Å². The third kappa shape index (κ3) is 4.38. The summed E-state index contributed by atoms with van der Waals surface area (Å²) in [6.07, 6.45) is -0.0112. The fourth-order valence-corrected chi connectivity index (χ4v) is 3.76. The Morgan fingerprint density at radius 1 is 1.29 bits per heavy atom. The molecule has 1 aliphatic heterocycles. The number of ether oxygens (including phenoxy) is 2. The largest absolute Gasteiger partial charge is 0.493 e. The molecule has 0 radical (unpaired) electrons. The van der Waals surface area contributed by atoms with Crippen LogP contribution in [0.4, 0.5) is 18.9 Å². The fraction of sp³-hybridized carbons (Fsp3) is 0.455. The predicted octanol–water partition coefficient (Wildman–Crippen LogP) is 3.69. The van der Waals surface area contributed by atoms with Crippen molar-refractivity contribution in [2.45, 2.75) is 44.5 Å². The molecule has 3 rings (SSSR count). The monoisotopic (exact) mass is 438 g/mol. The molecule has 1 aromatic carbocycles. The molecule has 6 nitrogen and oxygen atoms in total. The van der Waals surface area contributed by atoms with Gasteiger partial charge in [0.15, 0.2) is 11.6 Å². The molecule has 0 unspecified atom stereocenters. The Balaban J connectivity index is 1.87. The predicted molar refractivity (Wildman–Crippen MR) is 108 cm³/mol. The Bertz CT molecular complexity index is 953. The molecule has 1 aromatic heterocycles. The van der Waals surface area contributed by atoms with Crippen LogP contribution in [0.2, 0.25) is 0 Å². The molecule has 31 heavy (non-hydrogen) atoms. The number of aromatic nitrogens is 1. The van der Waals surface area contributed by atoms with Crippen molar-refractivity contribution in [1.82, 2.24) is 4.98 Å². The third-order valence-electron chi connectivity index (χ3n) is 5.74. The zero-order valence-electron chi connectivity index (χ0n) is 17.7. The molecule has 2 heterocycles. The summed E-state index contributed by atoms with van der Waals surface area (Å²) < 4.78 is 51.8. The highest BCUT2D eigenvalue weighted by molar-refractivity contribution is 5.95. The molecule has 0 bridgehead atoms. The zero-order valence-corrected chi connectivity index (χ0v) is 17.7. The summed E-state index contributed by atoms with van der Waals surface area (Å²) in [7, 11) is 1.24. The number of anilines is 1. The summed E-state index contributed by atoms with van der Waals surface area (Å²) in [5.74, 6) is -3.69. The van der Waals surface area contributed by atoms with Crippen LogP contribution in [-0.4, -0.2) is 42.0 Å². The van der Waals surface area contributed by atoms with Crippen LogP contribution in [0.5, 0.6) is 5.75 Å². The number of halogens is 3. The van der Waals surface area contributed by atoms with Crippen molar-refractivity contribution in [3.05, 3.63) is 53.4 Å². The molecule has 5 atom stereocenters. The second kappa shape index (κ2) is 8.84. The minimum Gasteiger partial charge on any atom is -0.493 e. The van der Waals surface area contributed by atoms with Crippen molar-refractivity contribution in [2.24, 2.45) is 5.92 Å². The molecule has 0 spiro atoms. The van der Waals surface area contributed by atoms with E-state index in [-0.39, 0.29) is 23.5 Å². The number of nitrogens with one attached hydrogen (secondary N) is 1. The first-order chi connectivity index (χ1) is 14.6. The molecule has 0 saturated carbocycles. The van der Waals surface area contributed by atoms with E-state index >= 15 is 0 Å². The number of carbonyl (C=O) groups excluding carboxylic acids is 1. The van der Waals surface area contributed by atoms with Crippen LogP contribution in [0.15, 0.2) is 30.5 Å². The van der Waals surface area contributed by atoms with Crippen molar-refractivity contribution in [3.8, 4) is 5.75 Å². The maximum Gasteiger partial charge on any atom is 0.254 e. The number of hydrogen-bond acceptors (Lipinski definition) is 5. The van der Waals surface area contributed by atoms with E-state index in [1.807, 2.05) is 6.92 Å². The minimum atomic E-state index is -1.73. The Morgan fingerprint density at radius 2 is 2.00 bits per heavy atom. The number of aliphatic hydroxyl groups is 1. The van der Waals surface area contributed by atoms with Gasteiger partial charge < -0.3 is 19.9 Å². The standard InChI is InChI=1S/C22H25F3N2O4/c1-11-12(2)31-20(17(11)14-6-7-15(24)18(25)19(14)30-4)21(28)27-13-5-8-16(26-9-13)22(3,29)10-23/h5-9,11-12,17,20,29H,10H2,1-4H3,(H,27,28)/t11-,12-,17+,20-,22-/m1/s1. The van der Waals surface area contributed by atoms with Gasteiger partial charge in [0.2, 0.25) is 5.82 Å². The van der Waals surface area contributed by atoms with Gasteiger partial charge in [-0.3, -0.25) is 9.78 Å².